The third-order valence-electron chi connectivity index (χ3n) is 2.61. The summed E-state index contributed by atoms with van der Waals surface area (Å²) in [5.41, 5.74) is -3.50. The van der Waals surface area contributed by atoms with Crippen molar-refractivity contribution in [3.63, 3.8) is 0 Å². The first kappa shape index (κ1) is 15.1. The predicted molar refractivity (Wildman–Crippen MR) is 65.6 cm³/mol. The molecule has 6 nitrogen and oxygen atoms in total. The first-order valence-electron chi connectivity index (χ1n) is 5.38. The molecule has 0 atom stereocenters. The van der Waals surface area contributed by atoms with Gasteiger partial charge in [-0.05, 0) is 34.2 Å². The summed E-state index contributed by atoms with van der Waals surface area (Å²) in [7, 11) is 0. The van der Waals surface area contributed by atoms with E-state index in [9.17, 15) is 18.0 Å². The quantitative estimate of drug-likeness (QED) is 0.854. The number of halogens is 4. The molecule has 0 aromatic heterocycles. The summed E-state index contributed by atoms with van der Waals surface area (Å²) < 4.78 is 39.9. The van der Waals surface area contributed by atoms with Crippen molar-refractivity contribution in [2.45, 2.75) is 11.8 Å². The van der Waals surface area contributed by atoms with Gasteiger partial charge in [-0.1, -0.05) is 17.7 Å². The smallest absolute Gasteiger partial charge is 0.442 e. The second kappa shape index (κ2) is 5.24. The second-order valence-corrected chi connectivity index (χ2v) is 4.39. The highest BCUT2D eigenvalue weighted by molar-refractivity contribution is 6.30. The van der Waals surface area contributed by atoms with Crippen molar-refractivity contribution >= 4 is 23.6 Å². The van der Waals surface area contributed by atoms with Crippen LogP contribution in [-0.4, -0.2) is 17.3 Å². The Morgan fingerprint density at radius 3 is 2.43 bits per heavy atom. The lowest BCUT2D eigenvalue weighted by molar-refractivity contribution is -0.187. The van der Waals surface area contributed by atoms with Crippen LogP contribution in [0.5, 0.6) is 0 Å². The van der Waals surface area contributed by atoms with Crippen LogP contribution in [0.1, 0.15) is 11.1 Å². The molecule has 0 amide bonds. The fourth-order valence-corrected chi connectivity index (χ4v) is 1.89. The van der Waals surface area contributed by atoms with Crippen LogP contribution in [-0.2, 0) is 10.5 Å². The molecule has 0 aliphatic carbocycles. The van der Waals surface area contributed by atoms with Crippen molar-refractivity contribution in [3.8, 4) is 0 Å². The number of nitrogens with zero attached hydrogens (tertiary/aromatic N) is 4. The van der Waals surface area contributed by atoms with E-state index in [1.807, 2.05) is 0 Å². The van der Waals surface area contributed by atoms with E-state index in [2.05, 4.69) is 20.7 Å². The average molecular weight is 319 g/mol. The highest BCUT2D eigenvalue weighted by atomic mass is 35.5. The number of carboxylic acids is 1. The van der Waals surface area contributed by atoms with Gasteiger partial charge in [0.15, 0.2) is 0 Å². The largest absolute Gasteiger partial charge is 0.478 e. The van der Waals surface area contributed by atoms with Crippen LogP contribution in [0.15, 0.2) is 45.0 Å². The monoisotopic (exact) mass is 318 g/mol. The minimum Gasteiger partial charge on any atom is -0.478 e. The molecule has 110 valence electrons. The van der Waals surface area contributed by atoms with Crippen molar-refractivity contribution in [3.05, 3.63) is 40.4 Å². The Morgan fingerprint density at radius 2 is 1.90 bits per heavy atom. The molecule has 0 fully saturated rings. The Bertz CT molecular complexity index is 658. The molecule has 0 radical (unpaired) electrons. The Balaban J connectivity index is 2.65. The molecule has 1 heterocycles. The van der Waals surface area contributed by atoms with Gasteiger partial charge in [0.1, 0.15) is 0 Å². The summed E-state index contributed by atoms with van der Waals surface area (Å²) in [5.74, 6) is -1.32. The van der Waals surface area contributed by atoms with Crippen LogP contribution in [0.2, 0.25) is 5.02 Å². The molecule has 0 unspecified atom stereocenters. The highest BCUT2D eigenvalue weighted by Crippen LogP contribution is 2.47. The Kier molecular flexibility index (Phi) is 3.77. The zero-order valence-electron chi connectivity index (χ0n) is 10.0. The number of carbonyl (C=O) groups is 1. The summed E-state index contributed by atoms with van der Waals surface area (Å²) >= 11 is 5.73. The molecule has 10 heteroatoms. The molecule has 0 saturated heterocycles. The van der Waals surface area contributed by atoms with Crippen LogP contribution < -0.4 is 0 Å². The van der Waals surface area contributed by atoms with Crippen LogP contribution in [0.4, 0.5) is 13.2 Å². The Labute approximate surface area is 120 Å². The van der Waals surface area contributed by atoms with Gasteiger partial charge in [0.05, 0.1) is 0 Å². The van der Waals surface area contributed by atoms with Crippen molar-refractivity contribution < 1.29 is 23.1 Å². The normalized spacial score (nSPS) is 16.8. The third kappa shape index (κ3) is 2.77. The molecule has 21 heavy (non-hydrogen) atoms. The van der Waals surface area contributed by atoms with Crippen molar-refractivity contribution in [1.29, 1.82) is 0 Å². The lowest BCUT2D eigenvalue weighted by Gasteiger charge is -2.24. The van der Waals surface area contributed by atoms with Crippen molar-refractivity contribution in [1.82, 2.24) is 0 Å². The van der Waals surface area contributed by atoms with Crippen LogP contribution in [0.3, 0.4) is 0 Å². The van der Waals surface area contributed by atoms with E-state index >= 15 is 0 Å². The molecule has 1 aliphatic rings. The van der Waals surface area contributed by atoms with Gasteiger partial charge in [-0.3, -0.25) is 0 Å². The lowest BCUT2D eigenvalue weighted by Crippen LogP contribution is -2.38. The third-order valence-corrected chi connectivity index (χ3v) is 2.84. The van der Waals surface area contributed by atoms with Gasteiger partial charge in [0.25, 0.3) is 0 Å². The number of alkyl halides is 3. The Hall–Kier alpha value is -2.29. The summed E-state index contributed by atoms with van der Waals surface area (Å²) in [6.45, 7) is 0. The first-order valence-corrected chi connectivity index (χ1v) is 5.76. The maximum absolute atomic E-state index is 13.3. The van der Waals surface area contributed by atoms with E-state index < -0.39 is 23.4 Å². The fraction of sp³-hybridized carbons (Fsp3) is 0.182. The minimum absolute atomic E-state index is 0.0953. The number of rotatable bonds is 3. The van der Waals surface area contributed by atoms with E-state index in [0.717, 1.165) is 12.1 Å². The second-order valence-electron chi connectivity index (χ2n) is 3.95. The molecule has 0 spiro atoms. The van der Waals surface area contributed by atoms with E-state index in [1.165, 1.54) is 12.1 Å². The average Bonchev–Trinajstić information content (AvgIpc) is 2.86. The van der Waals surface area contributed by atoms with E-state index in [-0.39, 0.29) is 10.6 Å². The maximum Gasteiger partial charge on any atom is 0.442 e. The molecular formula is C11H6ClF3N4O2. The van der Waals surface area contributed by atoms with Gasteiger partial charge in [0, 0.05) is 16.7 Å². The van der Waals surface area contributed by atoms with Gasteiger partial charge in [-0.15, -0.1) is 10.2 Å². The molecule has 1 aliphatic heterocycles. The molecule has 1 aromatic rings. The van der Waals surface area contributed by atoms with Crippen LogP contribution in [0.25, 0.3) is 6.08 Å². The number of benzene rings is 1. The first-order chi connectivity index (χ1) is 9.76. The lowest BCUT2D eigenvalue weighted by atomic mass is 9.94. The van der Waals surface area contributed by atoms with E-state index in [0.29, 0.717) is 6.08 Å². The predicted octanol–water partition coefficient (Wildman–Crippen LogP) is 3.99. The summed E-state index contributed by atoms with van der Waals surface area (Å²) in [5, 5.41) is 20.7. The van der Waals surface area contributed by atoms with E-state index in [4.69, 9.17) is 16.7 Å². The Morgan fingerprint density at radius 1 is 1.29 bits per heavy atom. The number of hydrogen-bond donors (Lipinski definition) is 1. The molecule has 2 rings (SSSR count). The minimum atomic E-state index is -4.89. The van der Waals surface area contributed by atoms with Crippen LogP contribution in [0, 0.1) is 0 Å². The molecule has 1 aromatic carbocycles. The maximum atomic E-state index is 13.3. The zero-order valence-corrected chi connectivity index (χ0v) is 10.8. The number of aliphatic carboxylic acids is 1. The van der Waals surface area contributed by atoms with Gasteiger partial charge in [-0.2, -0.15) is 13.2 Å². The summed E-state index contributed by atoms with van der Waals surface area (Å²) in [6, 6.07) is 3.44. The van der Waals surface area contributed by atoms with E-state index in [1.54, 1.807) is 0 Å². The number of carboxylic acid groups (broad SMARTS) is 1. The topological polar surface area (TPSA) is 86.7 Å². The summed E-state index contributed by atoms with van der Waals surface area (Å²) in [4.78, 5) is 10.5. The molecule has 0 bridgehead atoms. The zero-order chi connectivity index (χ0) is 15.7. The van der Waals surface area contributed by atoms with Crippen LogP contribution >= 0.6 is 11.6 Å². The molecule has 1 N–H and O–H groups in total. The SMILES string of the molecule is O=C(O)/C=C/c1cc(Cl)ccc1C1(C(F)(F)F)N=NN=N1. The van der Waals surface area contributed by atoms with Gasteiger partial charge >= 0.3 is 17.8 Å². The van der Waals surface area contributed by atoms with Gasteiger partial charge in [-0.25, -0.2) is 4.79 Å². The van der Waals surface area contributed by atoms with Crippen molar-refractivity contribution in [2.75, 3.05) is 0 Å². The molecular weight excluding hydrogens is 313 g/mol. The van der Waals surface area contributed by atoms with Gasteiger partial charge in [0.2, 0.25) is 0 Å². The van der Waals surface area contributed by atoms with Gasteiger partial charge < -0.3 is 5.11 Å². The highest BCUT2D eigenvalue weighted by Gasteiger charge is 2.60. The van der Waals surface area contributed by atoms with Crippen molar-refractivity contribution in [2.24, 2.45) is 20.7 Å². The summed E-state index contributed by atoms with van der Waals surface area (Å²) in [6.07, 6.45) is -3.24. The standard InChI is InChI=1S/C11H6ClF3N4O2/c12-7-2-3-8(6(5-7)1-4-9(20)21)10(11(13,14)15)16-18-19-17-10/h1-5H,(H,20,21)/b4-1+. The fourth-order valence-electron chi connectivity index (χ4n) is 1.71. The molecule has 0 saturated carbocycles. The number of hydrogen-bond acceptors (Lipinski definition) is 5.